The molecule has 0 spiro atoms. The number of fused-ring (bicyclic) bond motifs is 1. The van der Waals surface area contributed by atoms with Crippen LogP contribution in [0.5, 0.6) is 0 Å². The zero-order valence-electron chi connectivity index (χ0n) is 14.8. The van der Waals surface area contributed by atoms with Crippen molar-refractivity contribution in [3.63, 3.8) is 0 Å². The van der Waals surface area contributed by atoms with Gasteiger partial charge in [-0.1, -0.05) is 19.2 Å². The van der Waals surface area contributed by atoms with Crippen LogP contribution in [0.4, 0.5) is 8.78 Å². The lowest BCUT2D eigenvalue weighted by molar-refractivity contribution is -0.0450. The number of allylic oxidation sites excluding steroid dienone is 2. The largest absolute Gasteiger partial charge is 0.371 e. The van der Waals surface area contributed by atoms with Crippen molar-refractivity contribution < 1.29 is 8.78 Å². The van der Waals surface area contributed by atoms with Crippen molar-refractivity contribution in [2.24, 2.45) is 4.99 Å². The van der Waals surface area contributed by atoms with Gasteiger partial charge in [0, 0.05) is 61.2 Å². The Labute approximate surface area is 151 Å². The number of nitrogens with zero attached hydrogens (tertiary/aromatic N) is 4. The van der Waals surface area contributed by atoms with E-state index in [4.69, 9.17) is 0 Å². The van der Waals surface area contributed by atoms with Gasteiger partial charge in [0.2, 0.25) is 0 Å². The summed E-state index contributed by atoms with van der Waals surface area (Å²) >= 11 is 0. The molecular weight excluding hydrogens is 334 g/mol. The van der Waals surface area contributed by atoms with Crippen LogP contribution in [-0.2, 0) is 0 Å². The third kappa shape index (κ3) is 3.59. The summed E-state index contributed by atoms with van der Waals surface area (Å²) in [6.45, 7) is 10.2. The maximum atomic E-state index is 13.4. The van der Waals surface area contributed by atoms with Crippen molar-refractivity contribution >= 4 is 28.6 Å². The van der Waals surface area contributed by atoms with Crippen LogP contribution in [0.25, 0.3) is 22.4 Å². The summed E-state index contributed by atoms with van der Waals surface area (Å²) in [6, 6.07) is 3.96. The average molecular weight is 356 g/mol. The number of halogens is 2. The molecule has 26 heavy (non-hydrogen) atoms. The van der Waals surface area contributed by atoms with Gasteiger partial charge in [-0.3, -0.25) is 4.99 Å². The third-order valence-corrected chi connectivity index (χ3v) is 4.62. The quantitative estimate of drug-likeness (QED) is 0.720. The number of hydrogen-bond acceptors (Lipinski definition) is 3. The Hall–Kier alpha value is -2.76. The molecule has 0 radical (unpaired) electrons. The number of rotatable bonds is 5. The third-order valence-electron chi connectivity index (χ3n) is 4.62. The van der Waals surface area contributed by atoms with Gasteiger partial charge in [-0.25, -0.2) is 13.8 Å². The highest BCUT2D eigenvalue weighted by atomic mass is 19.3. The van der Waals surface area contributed by atoms with Gasteiger partial charge >= 0.3 is 0 Å². The molecule has 0 amide bonds. The number of alkyl halides is 2. The van der Waals surface area contributed by atoms with Crippen molar-refractivity contribution in [1.29, 1.82) is 0 Å². The second-order valence-corrected chi connectivity index (χ2v) is 6.29. The normalized spacial score (nSPS) is 17.8. The van der Waals surface area contributed by atoms with Crippen LogP contribution in [0, 0.1) is 0 Å². The molecule has 1 fully saturated rings. The fraction of sp³-hybridized carbons (Fsp3) is 0.300. The Balaban J connectivity index is 1.86. The summed E-state index contributed by atoms with van der Waals surface area (Å²) < 4.78 is 28.7. The van der Waals surface area contributed by atoms with Gasteiger partial charge in [0.1, 0.15) is 5.65 Å². The molecule has 0 aromatic carbocycles. The number of aliphatic imine (C=N–C) groups is 1. The van der Waals surface area contributed by atoms with E-state index in [1.165, 1.54) is 6.20 Å². The monoisotopic (exact) mass is 356 g/mol. The fourth-order valence-corrected chi connectivity index (χ4v) is 3.08. The zero-order valence-corrected chi connectivity index (χ0v) is 14.8. The predicted octanol–water partition coefficient (Wildman–Crippen LogP) is 4.81. The van der Waals surface area contributed by atoms with Crippen LogP contribution >= 0.6 is 0 Å². The highest BCUT2D eigenvalue weighted by Crippen LogP contribution is 2.32. The maximum Gasteiger partial charge on any atom is 0.251 e. The van der Waals surface area contributed by atoms with Crippen molar-refractivity contribution in [2.45, 2.75) is 25.7 Å². The van der Waals surface area contributed by atoms with Gasteiger partial charge in [0.15, 0.2) is 0 Å². The first-order chi connectivity index (χ1) is 12.4. The summed E-state index contributed by atoms with van der Waals surface area (Å²) in [7, 11) is 0. The lowest BCUT2D eigenvalue weighted by Gasteiger charge is -2.34. The van der Waals surface area contributed by atoms with E-state index in [1.807, 2.05) is 40.8 Å². The number of pyridine rings is 1. The maximum absolute atomic E-state index is 13.4. The van der Waals surface area contributed by atoms with Gasteiger partial charge in [-0.05, 0) is 19.1 Å². The molecule has 0 aliphatic carbocycles. The minimum atomic E-state index is -2.56. The van der Waals surface area contributed by atoms with E-state index >= 15 is 0 Å². The topological polar surface area (TPSA) is 33.4 Å². The average Bonchev–Trinajstić information content (AvgIpc) is 3.05. The van der Waals surface area contributed by atoms with Crippen LogP contribution < -0.4 is 0 Å². The molecule has 1 saturated heterocycles. The van der Waals surface area contributed by atoms with Gasteiger partial charge in [0.05, 0.1) is 11.9 Å². The summed E-state index contributed by atoms with van der Waals surface area (Å²) in [4.78, 5) is 10.5. The van der Waals surface area contributed by atoms with E-state index in [0.29, 0.717) is 13.1 Å². The predicted molar refractivity (Wildman–Crippen MR) is 103 cm³/mol. The van der Waals surface area contributed by atoms with Gasteiger partial charge < -0.3 is 9.47 Å². The molecule has 6 heteroatoms. The SMILES string of the molecule is C=CN=C/C(=C\C)n1ccc2cc(C(=C)N3CCC(F)(F)CC3)cnc21. The van der Waals surface area contributed by atoms with Crippen molar-refractivity contribution in [2.75, 3.05) is 13.1 Å². The first kappa shape index (κ1) is 18.0. The van der Waals surface area contributed by atoms with Crippen LogP contribution in [0.15, 0.2) is 55.0 Å². The molecule has 0 N–H and O–H groups in total. The molecule has 4 nitrogen and oxygen atoms in total. The van der Waals surface area contributed by atoms with Crippen molar-refractivity contribution in [3.8, 4) is 0 Å². The van der Waals surface area contributed by atoms with Crippen LogP contribution in [0.1, 0.15) is 25.3 Å². The summed E-state index contributed by atoms with van der Waals surface area (Å²) in [5.41, 5.74) is 3.27. The Morgan fingerprint density at radius 2 is 2.08 bits per heavy atom. The first-order valence-corrected chi connectivity index (χ1v) is 8.55. The summed E-state index contributed by atoms with van der Waals surface area (Å²) in [5.74, 6) is -2.56. The standard InChI is InChI=1S/C20H22F2N4/c1-4-18(14-23-5-2)26-9-6-16-12-17(13-24-19(16)26)15(3)25-10-7-20(21,22)8-11-25/h4-6,9,12-14H,2-3,7-8,10-11H2,1H3/b18-4+,23-14?. The Kier molecular flexibility index (Phi) is 5.02. The Morgan fingerprint density at radius 1 is 1.35 bits per heavy atom. The molecule has 0 unspecified atom stereocenters. The summed E-state index contributed by atoms with van der Waals surface area (Å²) in [5, 5.41) is 0.956. The second-order valence-electron chi connectivity index (χ2n) is 6.29. The van der Waals surface area contributed by atoms with Gasteiger partial charge in [-0.2, -0.15) is 0 Å². The van der Waals surface area contributed by atoms with E-state index in [2.05, 4.69) is 23.1 Å². The second kappa shape index (κ2) is 7.23. The van der Waals surface area contributed by atoms with E-state index in [0.717, 1.165) is 28.0 Å². The van der Waals surface area contributed by atoms with Crippen molar-refractivity contribution in [1.82, 2.24) is 14.5 Å². The smallest absolute Gasteiger partial charge is 0.251 e. The van der Waals surface area contributed by atoms with Crippen LogP contribution in [0.2, 0.25) is 0 Å². The van der Waals surface area contributed by atoms with Gasteiger partial charge in [0.25, 0.3) is 5.92 Å². The number of aromatic nitrogens is 2. The number of hydrogen-bond donors (Lipinski definition) is 0. The molecule has 2 aromatic rings. The lowest BCUT2D eigenvalue weighted by atomic mass is 10.0. The molecule has 0 saturated carbocycles. The number of piperidine rings is 1. The highest BCUT2D eigenvalue weighted by Gasteiger charge is 2.34. The van der Waals surface area contributed by atoms with Gasteiger partial charge in [-0.15, -0.1) is 0 Å². The van der Waals surface area contributed by atoms with E-state index in [1.54, 1.807) is 12.4 Å². The Bertz CT molecular complexity index is 882. The van der Waals surface area contributed by atoms with Crippen molar-refractivity contribution in [3.05, 3.63) is 55.5 Å². The van der Waals surface area contributed by atoms with E-state index in [-0.39, 0.29) is 12.8 Å². The van der Waals surface area contributed by atoms with Crippen LogP contribution in [0.3, 0.4) is 0 Å². The van der Waals surface area contributed by atoms with E-state index in [9.17, 15) is 8.78 Å². The molecule has 3 rings (SSSR count). The first-order valence-electron chi connectivity index (χ1n) is 8.55. The van der Waals surface area contributed by atoms with E-state index < -0.39 is 5.92 Å². The lowest BCUT2D eigenvalue weighted by Crippen LogP contribution is -2.38. The molecule has 0 bridgehead atoms. The fourth-order valence-electron chi connectivity index (χ4n) is 3.08. The molecular formula is C20H22F2N4. The molecule has 136 valence electrons. The minimum Gasteiger partial charge on any atom is -0.371 e. The molecule has 2 aromatic heterocycles. The van der Waals surface area contributed by atoms with Crippen LogP contribution in [-0.4, -0.2) is 39.7 Å². The summed E-state index contributed by atoms with van der Waals surface area (Å²) in [6.07, 6.45) is 8.54. The number of likely N-dealkylation sites (tertiary alicyclic amines) is 1. The highest BCUT2D eigenvalue weighted by molar-refractivity contribution is 6.04. The Morgan fingerprint density at radius 3 is 2.73 bits per heavy atom. The molecule has 1 aliphatic rings. The molecule has 3 heterocycles. The molecule has 1 aliphatic heterocycles. The molecule has 0 atom stereocenters. The zero-order chi connectivity index (χ0) is 18.7. The minimum absolute atomic E-state index is 0.134.